The smallest absolute Gasteiger partial charge is 0.336 e. The first-order chi connectivity index (χ1) is 11.6. The molecule has 25 heavy (non-hydrogen) atoms. The van der Waals surface area contributed by atoms with Gasteiger partial charge in [0.1, 0.15) is 0 Å². The molecule has 0 bridgehead atoms. The molecular weight excluding hydrogens is 324 g/mol. The molecule has 136 valence electrons. The van der Waals surface area contributed by atoms with E-state index in [-0.39, 0.29) is 24.1 Å². The van der Waals surface area contributed by atoms with Gasteiger partial charge in [0.2, 0.25) is 5.79 Å². The molecule has 3 rings (SSSR count). The van der Waals surface area contributed by atoms with E-state index in [1.54, 1.807) is 13.0 Å². The molecule has 2 aliphatic carbocycles. The molecule has 0 radical (unpaired) electrons. The minimum Gasteiger partial charge on any atom is -0.454 e. The van der Waals surface area contributed by atoms with E-state index in [1.807, 2.05) is 20.8 Å². The molecule has 1 aliphatic heterocycles. The van der Waals surface area contributed by atoms with Crippen LogP contribution in [0.25, 0.3) is 0 Å². The van der Waals surface area contributed by atoms with Crippen LogP contribution in [-0.2, 0) is 28.6 Å². The van der Waals surface area contributed by atoms with Gasteiger partial charge in [-0.15, -0.1) is 0 Å². The summed E-state index contributed by atoms with van der Waals surface area (Å²) in [4.78, 5) is 36.3. The Kier molecular flexibility index (Phi) is 4.14. The highest BCUT2D eigenvalue weighted by Gasteiger charge is 2.63. The molecular formula is C19H24O6. The summed E-state index contributed by atoms with van der Waals surface area (Å²) in [6.07, 6.45) is 1.48. The maximum atomic E-state index is 12.6. The van der Waals surface area contributed by atoms with Crippen LogP contribution in [0.2, 0.25) is 0 Å². The lowest BCUT2D eigenvalue weighted by Crippen LogP contribution is -2.57. The summed E-state index contributed by atoms with van der Waals surface area (Å²) in [5, 5.41) is 0. The Labute approximate surface area is 147 Å². The molecule has 1 fully saturated rings. The summed E-state index contributed by atoms with van der Waals surface area (Å²) in [6.45, 7) is 9.07. The highest BCUT2D eigenvalue weighted by molar-refractivity contribution is 5.97. The number of carbonyl (C=O) groups excluding carboxylic acids is 3. The topological polar surface area (TPSA) is 78.9 Å². The summed E-state index contributed by atoms with van der Waals surface area (Å²) in [6, 6.07) is 0. The standard InChI is InChI=1S/C19H24O6/c1-6-23-19-9-18(5)13(8-14(19)11(3)17(22)25-19)10(2)7-15(21)16(18)24-12(4)20/h7,13,16H,6,8-9H2,1-5H3/t13-,16+,18+,19-/m1/s1. The maximum Gasteiger partial charge on any atom is 0.336 e. The molecule has 0 aromatic heterocycles. The van der Waals surface area contributed by atoms with Crippen LogP contribution in [0.1, 0.15) is 47.5 Å². The van der Waals surface area contributed by atoms with Gasteiger partial charge in [-0.25, -0.2) is 4.79 Å². The summed E-state index contributed by atoms with van der Waals surface area (Å²) in [7, 11) is 0. The van der Waals surface area contributed by atoms with E-state index >= 15 is 0 Å². The van der Waals surface area contributed by atoms with Crippen molar-refractivity contribution in [2.45, 2.75) is 59.4 Å². The lowest BCUT2D eigenvalue weighted by Gasteiger charge is -2.53. The van der Waals surface area contributed by atoms with Gasteiger partial charge in [-0.3, -0.25) is 9.59 Å². The molecule has 6 nitrogen and oxygen atoms in total. The molecule has 0 unspecified atom stereocenters. The number of hydrogen-bond acceptors (Lipinski definition) is 6. The molecule has 0 N–H and O–H groups in total. The van der Waals surface area contributed by atoms with Gasteiger partial charge < -0.3 is 14.2 Å². The van der Waals surface area contributed by atoms with Crippen molar-refractivity contribution in [1.82, 2.24) is 0 Å². The van der Waals surface area contributed by atoms with Crippen molar-refractivity contribution >= 4 is 17.7 Å². The van der Waals surface area contributed by atoms with Crippen LogP contribution in [0.4, 0.5) is 0 Å². The molecule has 4 atom stereocenters. The van der Waals surface area contributed by atoms with Crippen molar-refractivity contribution in [2.24, 2.45) is 11.3 Å². The third kappa shape index (κ3) is 2.54. The SMILES string of the molecule is CCO[C@@]12C[C@@]3(C)[C@H](CC1=C(C)C(=O)O2)C(C)=CC(=O)[C@@H]3OC(C)=O. The second-order valence-corrected chi connectivity index (χ2v) is 7.40. The third-order valence-corrected chi connectivity index (χ3v) is 5.73. The van der Waals surface area contributed by atoms with E-state index in [0.717, 1.165) is 11.1 Å². The van der Waals surface area contributed by atoms with Crippen LogP contribution in [0.15, 0.2) is 22.8 Å². The maximum absolute atomic E-state index is 12.6. The van der Waals surface area contributed by atoms with Crippen molar-refractivity contribution in [3.05, 3.63) is 22.8 Å². The van der Waals surface area contributed by atoms with Crippen LogP contribution in [-0.4, -0.2) is 36.2 Å². The van der Waals surface area contributed by atoms with Crippen molar-refractivity contribution in [1.29, 1.82) is 0 Å². The van der Waals surface area contributed by atoms with Gasteiger partial charge in [-0.2, -0.15) is 0 Å². The molecule has 0 aromatic rings. The van der Waals surface area contributed by atoms with E-state index in [4.69, 9.17) is 14.2 Å². The van der Waals surface area contributed by atoms with Crippen molar-refractivity contribution < 1.29 is 28.6 Å². The van der Waals surface area contributed by atoms with Crippen molar-refractivity contribution in [3.8, 4) is 0 Å². The number of fused-ring (bicyclic) bond motifs is 2. The Morgan fingerprint density at radius 1 is 1.36 bits per heavy atom. The van der Waals surface area contributed by atoms with Crippen molar-refractivity contribution in [2.75, 3.05) is 6.61 Å². The second kappa shape index (κ2) is 5.80. The molecule has 1 heterocycles. The fourth-order valence-corrected chi connectivity index (χ4v) is 4.65. The van der Waals surface area contributed by atoms with E-state index in [0.29, 0.717) is 18.6 Å². The summed E-state index contributed by atoms with van der Waals surface area (Å²) >= 11 is 0. The predicted octanol–water partition coefficient (Wildman–Crippen LogP) is 2.47. The van der Waals surface area contributed by atoms with Crippen LogP contribution < -0.4 is 0 Å². The van der Waals surface area contributed by atoms with Gasteiger partial charge in [-0.05, 0) is 39.2 Å². The second-order valence-electron chi connectivity index (χ2n) is 7.40. The summed E-state index contributed by atoms with van der Waals surface area (Å²) < 4.78 is 16.9. The average Bonchev–Trinajstić information content (AvgIpc) is 2.73. The summed E-state index contributed by atoms with van der Waals surface area (Å²) in [5.74, 6) is -2.31. The van der Waals surface area contributed by atoms with E-state index < -0.39 is 23.3 Å². The van der Waals surface area contributed by atoms with Crippen LogP contribution in [0.3, 0.4) is 0 Å². The number of ether oxygens (including phenoxy) is 3. The zero-order chi connectivity index (χ0) is 18.6. The first-order valence-corrected chi connectivity index (χ1v) is 8.61. The van der Waals surface area contributed by atoms with Crippen LogP contribution >= 0.6 is 0 Å². The molecule has 0 spiro atoms. The van der Waals surface area contributed by atoms with E-state index in [9.17, 15) is 14.4 Å². The lowest BCUT2D eigenvalue weighted by molar-refractivity contribution is -0.233. The minimum atomic E-state index is -1.17. The van der Waals surface area contributed by atoms with Gasteiger partial charge in [0, 0.05) is 36.5 Å². The Morgan fingerprint density at radius 3 is 2.64 bits per heavy atom. The Balaban J connectivity index is 2.11. The number of hydrogen-bond donors (Lipinski definition) is 0. The number of rotatable bonds is 3. The zero-order valence-electron chi connectivity index (χ0n) is 15.3. The van der Waals surface area contributed by atoms with Gasteiger partial charge in [0.15, 0.2) is 11.9 Å². The number of ketones is 1. The first-order valence-electron chi connectivity index (χ1n) is 8.61. The number of esters is 2. The van der Waals surface area contributed by atoms with Crippen LogP contribution in [0, 0.1) is 11.3 Å². The molecule has 0 aromatic carbocycles. The highest BCUT2D eigenvalue weighted by atomic mass is 16.7. The zero-order valence-corrected chi connectivity index (χ0v) is 15.3. The molecule has 0 saturated heterocycles. The molecule has 1 saturated carbocycles. The number of allylic oxidation sites excluding steroid dienone is 1. The average molecular weight is 348 g/mol. The van der Waals surface area contributed by atoms with Crippen LogP contribution in [0.5, 0.6) is 0 Å². The van der Waals surface area contributed by atoms with Gasteiger partial charge in [0.25, 0.3) is 0 Å². The minimum absolute atomic E-state index is 0.0254. The molecule has 6 heteroatoms. The highest BCUT2D eigenvalue weighted by Crippen LogP contribution is 2.59. The molecule has 0 amide bonds. The quantitative estimate of drug-likeness (QED) is 0.729. The van der Waals surface area contributed by atoms with Gasteiger partial charge >= 0.3 is 11.9 Å². The predicted molar refractivity (Wildman–Crippen MR) is 88.3 cm³/mol. The number of carbonyl (C=O) groups is 3. The fourth-order valence-electron chi connectivity index (χ4n) is 4.65. The lowest BCUT2D eigenvalue weighted by atomic mass is 9.56. The Morgan fingerprint density at radius 2 is 2.04 bits per heavy atom. The van der Waals surface area contributed by atoms with Gasteiger partial charge in [0.05, 0.1) is 0 Å². The summed E-state index contributed by atoms with van der Waals surface area (Å²) in [5.41, 5.74) is 1.64. The monoisotopic (exact) mass is 348 g/mol. The fraction of sp³-hybridized carbons (Fsp3) is 0.632. The largest absolute Gasteiger partial charge is 0.454 e. The normalized spacial score (nSPS) is 37.2. The van der Waals surface area contributed by atoms with E-state index in [2.05, 4.69) is 0 Å². The van der Waals surface area contributed by atoms with Crippen molar-refractivity contribution in [3.63, 3.8) is 0 Å². The molecule has 3 aliphatic rings. The van der Waals surface area contributed by atoms with E-state index in [1.165, 1.54) is 6.92 Å². The first kappa shape index (κ1) is 17.9. The third-order valence-electron chi connectivity index (χ3n) is 5.73. The Hall–Kier alpha value is -1.95. The van der Waals surface area contributed by atoms with Gasteiger partial charge in [-0.1, -0.05) is 12.5 Å². The Bertz CT molecular complexity index is 717.